The van der Waals surface area contributed by atoms with Gasteiger partial charge in [0, 0.05) is 18.5 Å². The quantitative estimate of drug-likeness (QED) is 0.942. The summed E-state index contributed by atoms with van der Waals surface area (Å²) in [4.78, 5) is 0. The number of aromatic nitrogens is 2. The first-order chi connectivity index (χ1) is 8.20. The minimum absolute atomic E-state index is 0.283. The highest BCUT2D eigenvalue weighted by Gasteiger charge is 2.08. The monoisotopic (exact) mass is 315 g/mol. The summed E-state index contributed by atoms with van der Waals surface area (Å²) < 4.78 is 13.8. The first-order valence-corrected chi connectivity index (χ1v) is 6.74. The second-order valence-electron chi connectivity index (χ2n) is 3.48. The highest BCUT2D eigenvalue weighted by Crippen LogP contribution is 2.27. The van der Waals surface area contributed by atoms with Gasteiger partial charge < -0.3 is 5.32 Å². The smallest absolute Gasteiger partial charge is 0.147 e. The summed E-state index contributed by atoms with van der Waals surface area (Å²) in [5, 5.41) is 12.9. The molecular formula is C11H11BrFN3S. The van der Waals surface area contributed by atoms with Crippen molar-refractivity contribution < 1.29 is 4.39 Å². The molecule has 0 atom stereocenters. The van der Waals surface area contributed by atoms with Crippen LogP contribution in [0.5, 0.6) is 0 Å². The van der Waals surface area contributed by atoms with E-state index in [0.717, 1.165) is 28.5 Å². The first kappa shape index (κ1) is 12.6. The number of halogens is 2. The third-order valence-electron chi connectivity index (χ3n) is 2.22. The van der Waals surface area contributed by atoms with Crippen LogP contribution in [0.3, 0.4) is 0 Å². The summed E-state index contributed by atoms with van der Waals surface area (Å²) in [6.07, 6.45) is 0.840. The number of likely N-dealkylation sites (N-methyl/N-ethyl adjacent to an activating group) is 1. The van der Waals surface area contributed by atoms with Crippen LogP contribution in [0.25, 0.3) is 10.6 Å². The van der Waals surface area contributed by atoms with Gasteiger partial charge in [-0.05, 0) is 35.1 Å². The van der Waals surface area contributed by atoms with Crippen LogP contribution < -0.4 is 5.32 Å². The molecule has 2 aromatic rings. The van der Waals surface area contributed by atoms with Gasteiger partial charge in [-0.25, -0.2) is 4.39 Å². The zero-order valence-corrected chi connectivity index (χ0v) is 11.6. The first-order valence-electron chi connectivity index (χ1n) is 5.13. The van der Waals surface area contributed by atoms with E-state index in [0.29, 0.717) is 4.47 Å². The van der Waals surface area contributed by atoms with Crippen molar-refractivity contribution in [1.82, 2.24) is 15.5 Å². The summed E-state index contributed by atoms with van der Waals surface area (Å²) in [6, 6.07) is 4.97. The van der Waals surface area contributed by atoms with Gasteiger partial charge in [0.2, 0.25) is 0 Å². The lowest BCUT2D eigenvalue weighted by molar-refractivity contribution is 0.621. The van der Waals surface area contributed by atoms with Crippen molar-refractivity contribution in [3.63, 3.8) is 0 Å². The van der Waals surface area contributed by atoms with Gasteiger partial charge >= 0.3 is 0 Å². The Balaban J connectivity index is 2.21. The highest BCUT2D eigenvalue weighted by molar-refractivity contribution is 9.10. The van der Waals surface area contributed by atoms with Gasteiger partial charge in [-0.3, -0.25) is 0 Å². The highest BCUT2D eigenvalue weighted by atomic mass is 79.9. The Morgan fingerprint density at radius 1 is 1.41 bits per heavy atom. The number of nitrogens with zero attached hydrogens (tertiary/aromatic N) is 2. The van der Waals surface area contributed by atoms with Crippen molar-refractivity contribution in [2.75, 3.05) is 13.6 Å². The Hall–Kier alpha value is -0.850. The van der Waals surface area contributed by atoms with E-state index >= 15 is 0 Å². The zero-order valence-electron chi connectivity index (χ0n) is 9.20. The number of hydrogen-bond acceptors (Lipinski definition) is 4. The number of rotatable bonds is 4. The molecule has 0 aliphatic rings. The predicted octanol–water partition coefficient (Wildman–Crippen LogP) is 2.87. The molecule has 0 aliphatic heterocycles. The summed E-state index contributed by atoms with van der Waals surface area (Å²) in [6.45, 7) is 0.864. The Labute approximate surface area is 111 Å². The van der Waals surface area contributed by atoms with E-state index < -0.39 is 0 Å². The van der Waals surface area contributed by atoms with E-state index in [9.17, 15) is 4.39 Å². The number of hydrogen-bond donors (Lipinski definition) is 1. The molecule has 1 aromatic carbocycles. The van der Waals surface area contributed by atoms with E-state index in [2.05, 4.69) is 31.4 Å². The van der Waals surface area contributed by atoms with Crippen molar-refractivity contribution in [2.24, 2.45) is 0 Å². The van der Waals surface area contributed by atoms with Crippen molar-refractivity contribution in [2.45, 2.75) is 6.42 Å². The molecule has 1 N–H and O–H groups in total. The average molecular weight is 316 g/mol. The lowest BCUT2D eigenvalue weighted by Gasteiger charge is -1.97. The maximum atomic E-state index is 13.4. The van der Waals surface area contributed by atoms with Crippen LogP contribution in [0.4, 0.5) is 4.39 Å². The second-order valence-corrected chi connectivity index (χ2v) is 5.40. The molecule has 0 aliphatic carbocycles. The second kappa shape index (κ2) is 5.66. The normalized spacial score (nSPS) is 10.8. The summed E-state index contributed by atoms with van der Waals surface area (Å²) in [5.41, 5.74) is 0.763. The Morgan fingerprint density at radius 3 is 2.94 bits per heavy atom. The molecule has 0 amide bonds. The molecular weight excluding hydrogens is 305 g/mol. The third kappa shape index (κ3) is 3.08. The third-order valence-corrected chi connectivity index (χ3v) is 3.90. The minimum Gasteiger partial charge on any atom is -0.319 e. The van der Waals surface area contributed by atoms with Gasteiger partial charge in [0.1, 0.15) is 15.8 Å². The number of nitrogens with one attached hydrogen (secondary N) is 1. The van der Waals surface area contributed by atoms with E-state index in [4.69, 9.17) is 0 Å². The minimum atomic E-state index is -0.283. The SMILES string of the molecule is CNCCc1nnc(-c2ccc(Br)c(F)c2)s1. The van der Waals surface area contributed by atoms with Crippen molar-refractivity contribution in [3.8, 4) is 10.6 Å². The molecule has 6 heteroatoms. The molecule has 3 nitrogen and oxygen atoms in total. The standard InChI is InChI=1S/C11H11BrFN3S/c1-14-5-4-10-15-16-11(17-10)7-2-3-8(12)9(13)6-7/h2-3,6,14H,4-5H2,1H3. The van der Waals surface area contributed by atoms with Crippen LogP contribution in [0.2, 0.25) is 0 Å². The van der Waals surface area contributed by atoms with Gasteiger partial charge in [0.15, 0.2) is 0 Å². The molecule has 1 heterocycles. The van der Waals surface area contributed by atoms with Crippen LogP contribution >= 0.6 is 27.3 Å². The molecule has 0 saturated carbocycles. The molecule has 0 spiro atoms. The van der Waals surface area contributed by atoms with Crippen molar-refractivity contribution in [3.05, 3.63) is 33.5 Å². The molecule has 0 unspecified atom stereocenters. The van der Waals surface area contributed by atoms with Gasteiger partial charge in [-0.1, -0.05) is 17.4 Å². The fourth-order valence-electron chi connectivity index (χ4n) is 1.33. The van der Waals surface area contributed by atoms with Crippen LogP contribution in [0.1, 0.15) is 5.01 Å². The average Bonchev–Trinajstić information content (AvgIpc) is 2.79. The fraction of sp³-hybridized carbons (Fsp3) is 0.273. The predicted molar refractivity (Wildman–Crippen MR) is 70.6 cm³/mol. The van der Waals surface area contributed by atoms with E-state index in [1.54, 1.807) is 6.07 Å². The summed E-state index contributed by atoms with van der Waals surface area (Å²) in [5.74, 6) is -0.283. The van der Waals surface area contributed by atoms with Gasteiger partial charge in [-0.2, -0.15) is 0 Å². The fourth-order valence-corrected chi connectivity index (χ4v) is 2.41. The van der Waals surface area contributed by atoms with Crippen LogP contribution in [0, 0.1) is 5.82 Å². The maximum Gasteiger partial charge on any atom is 0.147 e. The largest absolute Gasteiger partial charge is 0.319 e. The molecule has 2 rings (SSSR count). The lowest BCUT2D eigenvalue weighted by atomic mass is 10.2. The Kier molecular flexibility index (Phi) is 4.20. The molecule has 0 bridgehead atoms. The van der Waals surface area contributed by atoms with Gasteiger partial charge in [0.05, 0.1) is 4.47 Å². The topological polar surface area (TPSA) is 37.8 Å². The van der Waals surface area contributed by atoms with Crippen molar-refractivity contribution >= 4 is 27.3 Å². The zero-order chi connectivity index (χ0) is 12.3. The molecule has 17 heavy (non-hydrogen) atoms. The number of benzene rings is 1. The van der Waals surface area contributed by atoms with Gasteiger partial charge in [0.25, 0.3) is 0 Å². The summed E-state index contributed by atoms with van der Waals surface area (Å²) in [7, 11) is 1.89. The van der Waals surface area contributed by atoms with E-state index in [1.807, 2.05) is 13.1 Å². The summed E-state index contributed by atoms with van der Waals surface area (Å²) >= 11 is 4.62. The van der Waals surface area contributed by atoms with Gasteiger partial charge in [-0.15, -0.1) is 10.2 Å². The van der Waals surface area contributed by atoms with Crippen LogP contribution in [-0.2, 0) is 6.42 Å². The molecule has 0 fully saturated rings. The molecule has 90 valence electrons. The molecule has 1 aromatic heterocycles. The molecule has 0 radical (unpaired) electrons. The van der Waals surface area contributed by atoms with E-state index in [1.165, 1.54) is 17.4 Å². The molecule has 0 saturated heterocycles. The Bertz CT molecular complexity index is 515. The van der Waals surface area contributed by atoms with E-state index in [-0.39, 0.29) is 5.82 Å². The van der Waals surface area contributed by atoms with Crippen LogP contribution in [0.15, 0.2) is 22.7 Å². The van der Waals surface area contributed by atoms with Crippen molar-refractivity contribution in [1.29, 1.82) is 0 Å². The van der Waals surface area contributed by atoms with Crippen LogP contribution in [-0.4, -0.2) is 23.8 Å². The maximum absolute atomic E-state index is 13.4. The Morgan fingerprint density at radius 2 is 2.24 bits per heavy atom. The lowest BCUT2D eigenvalue weighted by Crippen LogP contribution is -2.09.